The molecular formula is C15H16N4O3S. The van der Waals surface area contributed by atoms with Crippen molar-refractivity contribution in [1.82, 2.24) is 5.43 Å². The standard InChI is InChI=1S/C15H16N4O3S/c1-2-22-12-9-7-11(8-10-12)16-15(23)18-17-13-5-3-4-6-14(13)19(20)21/h3-10,17H,2H2,1H3,(H2,16,18,23). The highest BCUT2D eigenvalue weighted by atomic mass is 32.1. The van der Waals surface area contributed by atoms with Gasteiger partial charge >= 0.3 is 0 Å². The van der Waals surface area contributed by atoms with Crippen LogP contribution < -0.4 is 20.9 Å². The van der Waals surface area contributed by atoms with E-state index in [2.05, 4.69) is 16.2 Å². The van der Waals surface area contributed by atoms with Crippen LogP contribution in [0.4, 0.5) is 17.1 Å². The van der Waals surface area contributed by atoms with E-state index >= 15 is 0 Å². The SMILES string of the molecule is CCOc1ccc(NC(=S)NNc2ccccc2[N+](=O)[O-])cc1. The Balaban J connectivity index is 1.91. The summed E-state index contributed by atoms with van der Waals surface area (Å²) in [6.45, 7) is 2.52. The van der Waals surface area contributed by atoms with Crippen LogP contribution in [0.25, 0.3) is 0 Å². The number of para-hydroxylation sites is 2. The number of hydrogen-bond acceptors (Lipinski definition) is 5. The van der Waals surface area contributed by atoms with Crippen LogP contribution in [0.2, 0.25) is 0 Å². The Hall–Kier alpha value is -2.87. The smallest absolute Gasteiger partial charge is 0.294 e. The number of ether oxygens (including phenoxy) is 1. The molecule has 2 aromatic carbocycles. The lowest BCUT2D eigenvalue weighted by atomic mass is 10.3. The number of rotatable bonds is 6. The van der Waals surface area contributed by atoms with Gasteiger partial charge in [0, 0.05) is 11.8 Å². The summed E-state index contributed by atoms with van der Waals surface area (Å²) < 4.78 is 5.35. The van der Waals surface area contributed by atoms with E-state index in [0.717, 1.165) is 11.4 Å². The number of nitro groups is 1. The predicted octanol–water partition coefficient (Wildman–Crippen LogP) is 3.31. The lowest BCUT2D eigenvalue weighted by Gasteiger charge is -2.13. The van der Waals surface area contributed by atoms with Crippen molar-refractivity contribution in [3.63, 3.8) is 0 Å². The van der Waals surface area contributed by atoms with Gasteiger partial charge in [0.1, 0.15) is 11.4 Å². The molecule has 0 fully saturated rings. The number of nitro benzene ring substituents is 1. The molecule has 0 heterocycles. The number of benzene rings is 2. The summed E-state index contributed by atoms with van der Waals surface area (Å²) in [4.78, 5) is 10.5. The Kier molecular flexibility index (Phi) is 5.70. The molecule has 2 aromatic rings. The third-order valence-electron chi connectivity index (χ3n) is 2.83. The zero-order chi connectivity index (χ0) is 16.7. The molecule has 3 N–H and O–H groups in total. The molecule has 0 unspecified atom stereocenters. The minimum Gasteiger partial charge on any atom is -0.494 e. The number of nitrogens with one attached hydrogen (secondary N) is 3. The lowest BCUT2D eigenvalue weighted by molar-refractivity contribution is -0.384. The van der Waals surface area contributed by atoms with Crippen LogP contribution in [0, 0.1) is 10.1 Å². The van der Waals surface area contributed by atoms with E-state index < -0.39 is 4.92 Å². The van der Waals surface area contributed by atoms with Crippen molar-refractivity contribution in [1.29, 1.82) is 0 Å². The van der Waals surface area contributed by atoms with Crippen molar-refractivity contribution in [3.05, 3.63) is 58.6 Å². The van der Waals surface area contributed by atoms with Gasteiger partial charge in [-0.2, -0.15) is 0 Å². The second-order valence-electron chi connectivity index (χ2n) is 4.44. The number of anilines is 2. The highest BCUT2D eigenvalue weighted by molar-refractivity contribution is 7.80. The minimum atomic E-state index is -0.465. The molecule has 23 heavy (non-hydrogen) atoms. The van der Waals surface area contributed by atoms with E-state index in [1.165, 1.54) is 6.07 Å². The molecule has 0 aliphatic heterocycles. The van der Waals surface area contributed by atoms with E-state index in [0.29, 0.717) is 12.3 Å². The topological polar surface area (TPSA) is 88.5 Å². The van der Waals surface area contributed by atoms with Crippen molar-refractivity contribution < 1.29 is 9.66 Å². The molecule has 0 bridgehead atoms. The molecule has 8 heteroatoms. The number of hydrogen-bond donors (Lipinski definition) is 3. The molecule has 0 spiro atoms. The molecule has 0 aliphatic carbocycles. The maximum atomic E-state index is 10.9. The van der Waals surface area contributed by atoms with Crippen LogP contribution in [0.15, 0.2) is 48.5 Å². The Morgan fingerprint density at radius 3 is 2.57 bits per heavy atom. The molecule has 0 radical (unpaired) electrons. The fourth-order valence-corrected chi connectivity index (χ4v) is 2.00. The second-order valence-corrected chi connectivity index (χ2v) is 4.84. The monoisotopic (exact) mass is 332 g/mol. The van der Waals surface area contributed by atoms with Crippen LogP contribution in [0.3, 0.4) is 0 Å². The molecule has 0 amide bonds. The summed E-state index contributed by atoms with van der Waals surface area (Å²) in [6, 6.07) is 13.6. The van der Waals surface area contributed by atoms with E-state index in [-0.39, 0.29) is 10.8 Å². The number of hydrazine groups is 1. The summed E-state index contributed by atoms with van der Waals surface area (Å²) in [5.41, 5.74) is 6.51. The zero-order valence-corrected chi connectivity index (χ0v) is 13.2. The van der Waals surface area contributed by atoms with Crippen molar-refractivity contribution >= 4 is 34.4 Å². The van der Waals surface area contributed by atoms with Crippen LogP contribution in [0.5, 0.6) is 5.75 Å². The van der Waals surface area contributed by atoms with Gasteiger partial charge in [-0.05, 0) is 49.5 Å². The normalized spacial score (nSPS) is 9.78. The first-order chi connectivity index (χ1) is 11.1. The first kappa shape index (κ1) is 16.5. The van der Waals surface area contributed by atoms with Crippen molar-refractivity contribution in [3.8, 4) is 5.75 Å². The molecule has 7 nitrogen and oxygen atoms in total. The Morgan fingerprint density at radius 1 is 1.22 bits per heavy atom. The number of thiocarbonyl (C=S) groups is 1. The third-order valence-corrected chi connectivity index (χ3v) is 3.04. The maximum absolute atomic E-state index is 10.9. The van der Waals surface area contributed by atoms with Crippen LogP contribution in [0.1, 0.15) is 6.92 Å². The molecule has 120 valence electrons. The Labute approximate surface area is 138 Å². The predicted molar refractivity (Wildman–Crippen MR) is 93.7 cm³/mol. The van der Waals surface area contributed by atoms with Gasteiger partial charge in [0.25, 0.3) is 5.69 Å². The first-order valence-electron chi connectivity index (χ1n) is 6.89. The zero-order valence-electron chi connectivity index (χ0n) is 12.4. The molecule has 0 aromatic heterocycles. The van der Waals surface area contributed by atoms with Crippen molar-refractivity contribution in [2.75, 3.05) is 17.3 Å². The number of nitrogens with zero attached hydrogens (tertiary/aromatic N) is 1. The summed E-state index contributed by atoms with van der Waals surface area (Å²) in [5.74, 6) is 0.773. The van der Waals surface area contributed by atoms with Crippen molar-refractivity contribution in [2.45, 2.75) is 6.92 Å². The Morgan fingerprint density at radius 2 is 1.91 bits per heavy atom. The fourth-order valence-electron chi connectivity index (χ4n) is 1.83. The van der Waals surface area contributed by atoms with E-state index in [1.54, 1.807) is 18.2 Å². The molecule has 0 saturated heterocycles. The fraction of sp³-hybridized carbons (Fsp3) is 0.133. The maximum Gasteiger partial charge on any atom is 0.294 e. The molecule has 2 rings (SSSR count). The highest BCUT2D eigenvalue weighted by Gasteiger charge is 2.11. The van der Waals surface area contributed by atoms with Gasteiger partial charge in [-0.3, -0.25) is 21.0 Å². The molecular weight excluding hydrogens is 316 g/mol. The largest absolute Gasteiger partial charge is 0.494 e. The Bertz CT molecular complexity index is 691. The summed E-state index contributed by atoms with van der Waals surface area (Å²) in [6.07, 6.45) is 0. The van der Waals surface area contributed by atoms with E-state index in [4.69, 9.17) is 17.0 Å². The summed E-state index contributed by atoms with van der Waals surface area (Å²) in [7, 11) is 0. The molecule has 0 aliphatic rings. The highest BCUT2D eigenvalue weighted by Crippen LogP contribution is 2.22. The van der Waals surface area contributed by atoms with E-state index in [1.807, 2.05) is 31.2 Å². The van der Waals surface area contributed by atoms with Gasteiger partial charge in [-0.15, -0.1) is 0 Å². The third kappa shape index (κ3) is 4.82. The summed E-state index contributed by atoms with van der Waals surface area (Å²) in [5, 5.41) is 14.2. The molecule has 0 atom stereocenters. The van der Waals surface area contributed by atoms with Crippen molar-refractivity contribution in [2.24, 2.45) is 0 Å². The molecule has 0 saturated carbocycles. The van der Waals surface area contributed by atoms with Gasteiger partial charge in [0.2, 0.25) is 0 Å². The van der Waals surface area contributed by atoms with Gasteiger partial charge in [0.05, 0.1) is 11.5 Å². The van der Waals surface area contributed by atoms with E-state index in [9.17, 15) is 10.1 Å². The van der Waals surface area contributed by atoms with Gasteiger partial charge in [0.15, 0.2) is 5.11 Å². The average Bonchev–Trinajstić information content (AvgIpc) is 2.55. The van der Waals surface area contributed by atoms with Crippen LogP contribution >= 0.6 is 12.2 Å². The summed E-state index contributed by atoms with van der Waals surface area (Å²) >= 11 is 5.14. The minimum absolute atomic E-state index is 0.0381. The lowest BCUT2D eigenvalue weighted by Crippen LogP contribution is -2.33. The van der Waals surface area contributed by atoms with Crippen LogP contribution in [-0.2, 0) is 0 Å². The quantitative estimate of drug-likeness (QED) is 0.425. The first-order valence-corrected chi connectivity index (χ1v) is 7.30. The average molecular weight is 332 g/mol. The second kappa shape index (κ2) is 7.95. The van der Waals surface area contributed by atoms with Gasteiger partial charge < -0.3 is 10.1 Å². The van der Waals surface area contributed by atoms with Crippen LogP contribution in [-0.4, -0.2) is 16.6 Å². The van der Waals surface area contributed by atoms with Gasteiger partial charge in [-0.25, -0.2) is 0 Å². The van der Waals surface area contributed by atoms with Gasteiger partial charge in [-0.1, -0.05) is 12.1 Å².